The number of rotatable bonds is 1. The highest BCUT2D eigenvalue weighted by Gasteiger charge is 2.26. The van der Waals surface area contributed by atoms with E-state index in [1.165, 1.54) is 18.4 Å². The first-order valence-corrected chi connectivity index (χ1v) is 7.29. The molecule has 1 N–H and O–H groups in total. The quantitative estimate of drug-likeness (QED) is 0.796. The molecule has 0 bridgehead atoms. The van der Waals surface area contributed by atoms with Gasteiger partial charge < -0.3 is 0 Å². The van der Waals surface area contributed by atoms with E-state index >= 15 is 0 Å². The first-order valence-electron chi connectivity index (χ1n) is 7.29. The minimum absolute atomic E-state index is 0.748. The van der Waals surface area contributed by atoms with Gasteiger partial charge in [0.15, 0.2) is 0 Å². The molecule has 1 aliphatic heterocycles. The minimum atomic E-state index is 0.748. The Morgan fingerprint density at radius 2 is 2.00 bits per heavy atom. The van der Waals surface area contributed by atoms with Gasteiger partial charge in [-0.15, -0.1) is 0 Å². The van der Waals surface area contributed by atoms with E-state index in [9.17, 15) is 5.26 Å². The molecular weight excluding hydrogens is 246 g/mol. The number of pyridine rings is 1. The van der Waals surface area contributed by atoms with Gasteiger partial charge in [-0.25, -0.2) is 4.98 Å². The Hall–Kier alpha value is -2.08. The summed E-state index contributed by atoms with van der Waals surface area (Å²) in [4.78, 5) is 5.78. The molecule has 20 heavy (non-hydrogen) atoms. The SMILES string of the molecule is Cc1ccc2[nH+]c(N3CCC(C)CC3)c(C#N)cc2c1. The third-order valence-corrected chi connectivity index (χ3v) is 4.24. The largest absolute Gasteiger partial charge is 0.293 e. The number of piperidine rings is 1. The summed E-state index contributed by atoms with van der Waals surface area (Å²) in [5.41, 5.74) is 3.07. The topological polar surface area (TPSA) is 41.2 Å². The average Bonchev–Trinajstić information content (AvgIpc) is 2.46. The molecule has 3 nitrogen and oxygen atoms in total. The number of aryl methyl sites for hydroxylation is 1. The van der Waals surface area contributed by atoms with Crippen molar-refractivity contribution in [2.45, 2.75) is 26.7 Å². The van der Waals surface area contributed by atoms with Crippen LogP contribution in [0.4, 0.5) is 5.82 Å². The van der Waals surface area contributed by atoms with Gasteiger partial charge in [-0.05, 0) is 43.9 Å². The fourth-order valence-electron chi connectivity index (χ4n) is 2.90. The van der Waals surface area contributed by atoms with E-state index in [4.69, 9.17) is 0 Å². The standard InChI is InChI=1S/C17H19N3/c1-12-5-7-20(8-6-12)17-15(11-18)10-14-9-13(2)3-4-16(14)19-17/h3-4,9-10,12H,5-8H2,1-2H3/p+1. The van der Waals surface area contributed by atoms with Crippen molar-refractivity contribution < 1.29 is 4.98 Å². The number of H-pyrrole nitrogens is 1. The van der Waals surface area contributed by atoms with Gasteiger partial charge in [-0.3, -0.25) is 4.90 Å². The van der Waals surface area contributed by atoms with Crippen LogP contribution in [-0.2, 0) is 0 Å². The van der Waals surface area contributed by atoms with Crippen molar-refractivity contribution in [3.05, 3.63) is 35.4 Å². The number of hydrogen-bond acceptors (Lipinski definition) is 2. The Kier molecular flexibility index (Phi) is 3.31. The molecule has 102 valence electrons. The van der Waals surface area contributed by atoms with Crippen molar-refractivity contribution in [3.63, 3.8) is 0 Å². The molecule has 0 saturated carbocycles. The molecule has 2 aromatic rings. The van der Waals surface area contributed by atoms with Gasteiger partial charge in [0, 0.05) is 5.39 Å². The van der Waals surface area contributed by atoms with Crippen LogP contribution < -0.4 is 9.88 Å². The molecule has 1 saturated heterocycles. The van der Waals surface area contributed by atoms with Gasteiger partial charge in [0.25, 0.3) is 5.82 Å². The molecule has 0 atom stereocenters. The summed E-state index contributed by atoms with van der Waals surface area (Å²) in [5.74, 6) is 1.77. The fourth-order valence-corrected chi connectivity index (χ4v) is 2.90. The highest BCUT2D eigenvalue weighted by atomic mass is 15.2. The summed E-state index contributed by atoms with van der Waals surface area (Å²) in [5, 5.41) is 10.5. The fraction of sp³-hybridized carbons (Fsp3) is 0.412. The maximum atomic E-state index is 9.43. The minimum Gasteiger partial charge on any atom is -0.261 e. The molecule has 1 aliphatic rings. The Morgan fingerprint density at radius 3 is 2.70 bits per heavy atom. The Morgan fingerprint density at radius 1 is 1.25 bits per heavy atom. The lowest BCUT2D eigenvalue weighted by Crippen LogP contribution is -2.37. The van der Waals surface area contributed by atoms with Gasteiger partial charge in [-0.1, -0.05) is 18.6 Å². The van der Waals surface area contributed by atoms with Crippen molar-refractivity contribution in [2.24, 2.45) is 5.92 Å². The predicted octanol–water partition coefficient (Wildman–Crippen LogP) is 3.07. The molecule has 0 aliphatic carbocycles. The zero-order chi connectivity index (χ0) is 14.1. The van der Waals surface area contributed by atoms with Gasteiger partial charge in [0.05, 0.1) is 13.1 Å². The van der Waals surface area contributed by atoms with E-state index in [2.05, 4.69) is 48.0 Å². The number of nitrogens with zero attached hydrogens (tertiary/aromatic N) is 2. The second-order valence-corrected chi connectivity index (χ2v) is 5.90. The van der Waals surface area contributed by atoms with Gasteiger partial charge in [-0.2, -0.15) is 5.26 Å². The first kappa shape index (κ1) is 12.9. The van der Waals surface area contributed by atoms with Crippen molar-refractivity contribution in [3.8, 4) is 6.07 Å². The van der Waals surface area contributed by atoms with Crippen LogP contribution in [0.5, 0.6) is 0 Å². The van der Waals surface area contributed by atoms with E-state index in [1.54, 1.807) is 0 Å². The number of benzene rings is 1. The second kappa shape index (κ2) is 5.13. The van der Waals surface area contributed by atoms with Crippen LogP contribution in [0.1, 0.15) is 30.9 Å². The lowest BCUT2D eigenvalue weighted by atomic mass is 9.99. The highest BCUT2D eigenvalue weighted by molar-refractivity contribution is 5.79. The molecule has 2 heterocycles. The zero-order valence-electron chi connectivity index (χ0n) is 12.1. The van der Waals surface area contributed by atoms with Crippen LogP contribution in [-0.4, -0.2) is 13.1 Å². The Labute approximate surface area is 119 Å². The normalized spacial score (nSPS) is 16.4. The van der Waals surface area contributed by atoms with E-state index in [1.807, 2.05) is 6.07 Å². The monoisotopic (exact) mass is 266 g/mol. The predicted molar refractivity (Wildman–Crippen MR) is 80.6 cm³/mol. The van der Waals surface area contributed by atoms with Crippen LogP contribution >= 0.6 is 0 Å². The van der Waals surface area contributed by atoms with Crippen molar-refractivity contribution >= 4 is 16.7 Å². The smallest absolute Gasteiger partial charge is 0.261 e. The first-order chi connectivity index (χ1) is 9.67. The maximum Gasteiger partial charge on any atom is 0.293 e. The third kappa shape index (κ3) is 2.34. The van der Waals surface area contributed by atoms with E-state index < -0.39 is 0 Å². The number of aromatic amines is 1. The third-order valence-electron chi connectivity index (χ3n) is 4.24. The van der Waals surface area contributed by atoms with E-state index in [0.717, 1.165) is 41.3 Å². The summed E-state index contributed by atoms with van der Waals surface area (Å²) < 4.78 is 0. The van der Waals surface area contributed by atoms with Crippen molar-refractivity contribution in [1.82, 2.24) is 0 Å². The summed E-state index contributed by atoms with van der Waals surface area (Å²) in [6, 6.07) is 10.7. The number of aromatic nitrogens is 1. The molecule has 0 amide bonds. The van der Waals surface area contributed by atoms with Crippen LogP contribution in [0.3, 0.4) is 0 Å². The number of nitriles is 1. The van der Waals surface area contributed by atoms with Crippen LogP contribution in [0.15, 0.2) is 24.3 Å². The summed E-state index contributed by atoms with van der Waals surface area (Å²) in [6.45, 7) is 6.44. The maximum absolute atomic E-state index is 9.43. The van der Waals surface area contributed by atoms with Crippen molar-refractivity contribution in [1.29, 1.82) is 5.26 Å². The van der Waals surface area contributed by atoms with Crippen LogP contribution in [0.2, 0.25) is 0 Å². The molecule has 3 rings (SSSR count). The summed E-state index contributed by atoms with van der Waals surface area (Å²) in [6.07, 6.45) is 2.40. The number of hydrogen-bond donors (Lipinski definition) is 0. The number of fused-ring (bicyclic) bond motifs is 1. The second-order valence-electron chi connectivity index (χ2n) is 5.90. The molecule has 1 aromatic heterocycles. The van der Waals surface area contributed by atoms with Gasteiger partial charge in [0.1, 0.15) is 17.1 Å². The highest BCUT2D eigenvalue weighted by Crippen LogP contribution is 2.24. The van der Waals surface area contributed by atoms with E-state index in [0.29, 0.717) is 0 Å². The molecule has 3 heteroatoms. The lowest BCUT2D eigenvalue weighted by Gasteiger charge is -2.25. The van der Waals surface area contributed by atoms with E-state index in [-0.39, 0.29) is 0 Å². The summed E-state index contributed by atoms with van der Waals surface area (Å²) in [7, 11) is 0. The average molecular weight is 266 g/mol. The Balaban J connectivity index is 2.06. The van der Waals surface area contributed by atoms with Gasteiger partial charge in [0.2, 0.25) is 0 Å². The zero-order valence-corrected chi connectivity index (χ0v) is 12.1. The molecule has 0 spiro atoms. The molecule has 1 fully saturated rings. The van der Waals surface area contributed by atoms with Crippen LogP contribution in [0.25, 0.3) is 10.9 Å². The number of anilines is 1. The van der Waals surface area contributed by atoms with Crippen molar-refractivity contribution in [2.75, 3.05) is 18.0 Å². The molecule has 0 unspecified atom stereocenters. The molecule has 0 radical (unpaired) electrons. The lowest BCUT2D eigenvalue weighted by molar-refractivity contribution is -0.331. The van der Waals surface area contributed by atoms with Crippen LogP contribution in [0, 0.1) is 24.2 Å². The van der Waals surface area contributed by atoms with Gasteiger partial charge >= 0.3 is 0 Å². The number of nitrogens with one attached hydrogen (secondary N) is 1. The molecule has 1 aromatic carbocycles. The Bertz CT molecular complexity index is 676. The summed E-state index contributed by atoms with van der Waals surface area (Å²) >= 11 is 0. The molecular formula is C17H20N3+.